The van der Waals surface area contributed by atoms with Crippen LogP contribution in [0.3, 0.4) is 0 Å². The van der Waals surface area contributed by atoms with Gasteiger partial charge in [-0.2, -0.15) is 0 Å². The monoisotopic (exact) mass is 359 g/mol. The number of sulfonamides is 1. The fraction of sp³-hybridized carbons (Fsp3) is 0.368. The van der Waals surface area contributed by atoms with E-state index in [2.05, 4.69) is 39.2 Å². The quantitative estimate of drug-likeness (QED) is 0.812. The first-order chi connectivity index (χ1) is 12.1. The number of anilines is 4. The molecule has 1 fully saturated rings. The Morgan fingerprint density at radius 3 is 1.92 bits per heavy atom. The minimum Gasteiger partial charge on any atom is -0.372 e. The van der Waals surface area contributed by atoms with Crippen molar-refractivity contribution in [2.45, 2.75) is 26.2 Å². The molecule has 0 amide bonds. The molecule has 0 unspecified atom stereocenters. The Balaban J connectivity index is 1.62. The molecule has 3 rings (SSSR count). The molecule has 0 bridgehead atoms. The van der Waals surface area contributed by atoms with E-state index in [1.54, 1.807) is 19.1 Å². The maximum Gasteiger partial charge on any atom is 0.232 e. The zero-order valence-corrected chi connectivity index (χ0v) is 15.3. The molecule has 1 saturated heterocycles. The molecule has 0 radical (unpaired) electrons. The topological polar surface area (TPSA) is 61.4 Å². The van der Waals surface area contributed by atoms with Gasteiger partial charge in [0.05, 0.1) is 5.75 Å². The van der Waals surface area contributed by atoms with Gasteiger partial charge in [0.2, 0.25) is 10.0 Å². The van der Waals surface area contributed by atoms with Crippen molar-refractivity contribution in [1.82, 2.24) is 0 Å². The molecule has 1 aliphatic rings. The third-order valence-corrected chi connectivity index (χ3v) is 5.72. The van der Waals surface area contributed by atoms with Crippen LogP contribution in [0.25, 0.3) is 0 Å². The van der Waals surface area contributed by atoms with Gasteiger partial charge >= 0.3 is 0 Å². The van der Waals surface area contributed by atoms with Crippen molar-refractivity contribution in [1.29, 1.82) is 0 Å². The number of nitrogens with one attached hydrogen (secondary N) is 2. The van der Waals surface area contributed by atoms with E-state index >= 15 is 0 Å². The molecular formula is C19H25N3O2S. The Hall–Kier alpha value is -2.21. The number of benzene rings is 2. The molecule has 134 valence electrons. The smallest absolute Gasteiger partial charge is 0.232 e. The lowest BCUT2D eigenvalue weighted by molar-refractivity contribution is 0.578. The number of rotatable bonds is 6. The van der Waals surface area contributed by atoms with Crippen LogP contribution in [0.2, 0.25) is 0 Å². The van der Waals surface area contributed by atoms with Gasteiger partial charge < -0.3 is 10.2 Å². The first-order valence-electron chi connectivity index (χ1n) is 8.78. The number of hydrogen-bond acceptors (Lipinski definition) is 4. The average Bonchev–Trinajstić information content (AvgIpc) is 2.64. The highest BCUT2D eigenvalue weighted by Crippen LogP contribution is 2.24. The lowest BCUT2D eigenvalue weighted by atomic mass is 10.1. The van der Waals surface area contributed by atoms with E-state index < -0.39 is 10.0 Å². The van der Waals surface area contributed by atoms with Crippen LogP contribution in [0.5, 0.6) is 0 Å². The van der Waals surface area contributed by atoms with E-state index in [1.807, 2.05) is 12.1 Å². The van der Waals surface area contributed by atoms with Crippen molar-refractivity contribution >= 4 is 32.8 Å². The fourth-order valence-corrected chi connectivity index (χ4v) is 3.59. The third kappa shape index (κ3) is 4.89. The van der Waals surface area contributed by atoms with Crippen LogP contribution >= 0.6 is 0 Å². The summed E-state index contributed by atoms with van der Waals surface area (Å²) >= 11 is 0. The summed E-state index contributed by atoms with van der Waals surface area (Å²) in [5.74, 6) is 0.0658. The van der Waals surface area contributed by atoms with Gasteiger partial charge in [0.25, 0.3) is 0 Å². The Bertz CT molecular complexity index is 780. The molecule has 0 saturated carbocycles. The van der Waals surface area contributed by atoms with Crippen LogP contribution in [-0.4, -0.2) is 27.3 Å². The summed E-state index contributed by atoms with van der Waals surface area (Å²) in [6, 6.07) is 15.7. The Morgan fingerprint density at radius 1 is 0.840 bits per heavy atom. The number of hydrogen-bond donors (Lipinski definition) is 2. The molecule has 2 aromatic carbocycles. The van der Waals surface area contributed by atoms with Crippen molar-refractivity contribution < 1.29 is 8.42 Å². The van der Waals surface area contributed by atoms with E-state index in [4.69, 9.17) is 0 Å². The van der Waals surface area contributed by atoms with Crippen LogP contribution in [0.15, 0.2) is 48.5 Å². The molecule has 0 spiro atoms. The predicted octanol–water partition coefficient (Wildman–Crippen LogP) is 4.18. The van der Waals surface area contributed by atoms with Gasteiger partial charge in [-0.05, 0) is 74.7 Å². The van der Waals surface area contributed by atoms with Crippen molar-refractivity contribution in [2.24, 2.45) is 0 Å². The summed E-state index contributed by atoms with van der Waals surface area (Å²) in [6.45, 7) is 3.90. The Morgan fingerprint density at radius 2 is 1.36 bits per heavy atom. The second-order valence-corrected chi connectivity index (χ2v) is 8.31. The van der Waals surface area contributed by atoms with Crippen molar-refractivity contribution in [3.05, 3.63) is 48.5 Å². The molecule has 2 N–H and O–H groups in total. The summed E-state index contributed by atoms with van der Waals surface area (Å²) in [5.41, 5.74) is 3.79. The average molecular weight is 359 g/mol. The molecule has 1 heterocycles. The lowest BCUT2D eigenvalue weighted by Gasteiger charge is -2.28. The van der Waals surface area contributed by atoms with Crippen molar-refractivity contribution in [2.75, 3.05) is 33.8 Å². The normalized spacial score (nSPS) is 15.0. The Kier molecular flexibility index (Phi) is 5.48. The van der Waals surface area contributed by atoms with Crippen LogP contribution < -0.4 is 14.9 Å². The summed E-state index contributed by atoms with van der Waals surface area (Å²) in [4.78, 5) is 2.43. The van der Waals surface area contributed by atoms with Gasteiger partial charge in [-0.3, -0.25) is 4.72 Å². The molecule has 5 nitrogen and oxygen atoms in total. The van der Waals surface area contributed by atoms with E-state index in [0.717, 1.165) is 24.5 Å². The first kappa shape index (κ1) is 17.6. The highest BCUT2D eigenvalue weighted by molar-refractivity contribution is 7.92. The zero-order valence-electron chi connectivity index (χ0n) is 14.5. The number of piperidine rings is 1. The van der Waals surface area contributed by atoms with Crippen LogP contribution in [-0.2, 0) is 10.0 Å². The molecule has 2 aromatic rings. The summed E-state index contributed by atoms with van der Waals surface area (Å²) in [5, 5.41) is 3.34. The minimum absolute atomic E-state index is 0.0658. The van der Waals surface area contributed by atoms with Gasteiger partial charge in [0.15, 0.2) is 0 Å². The predicted molar refractivity (Wildman–Crippen MR) is 105 cm³/mol. The van der Waals surface area contributed by atoms with Gasteiger partial charge in [0, 0.05) is 35.8 Å². The van der Waals surface area contributed by atoms with E-state index in [1.165, 1.54) is 24.9 Å². The van der Waals surface area contributed by atoms with E-state index in [9.17, 15) is 8.42 Å². The standard InChI is InChI=1S/C19H25N3O2S/c1-2-25(23,24)21-18-8-6-16(7-9-18)20-17-10-12-19(13-11-17)22-14-4-3-5-15-22/h6-13,20-21H,2-5,14-15H2,1H3. The highest BCUT2D eigenvalue weighted by Gasteiger charge is 2.10. The molecule has 25 heavy (non-hydrogen) atoms. The van der Waals surface area contributed by atoms with E-state index in [-0.39, 0.29) is 5.75 Å². The molecule has 0 aliphatic carbocycles. The maximum absolute atomic E-state index is 11.6. The fourth-order valence-electron chi connectivity index (χ4n) is 2.95. The van der Waals surface area contributed by atoms with Crippen LogP contribution in [0.1, 0.15) is 26.2 Å². The zero-order chi connectivity index (χ0) is 17.7. The molecule has 0 aromatic heterocycles. The molecule has 1 aliphatic heterocycles. The highest BCUT2D eigenvalue weighted by atomic mass is 32.2. The summed E-state index contributed by atoms with van der Waals surface area (Å²) in [6.07, 6.45) is 3.88. The third-order valence-electron chi connectivity index (χ3n) is 4.42. The van der Waals surface area contributed by atoms with Crippen molar-refractivity contribution in [3.8, 4) is 0 Å². The van der Waals surface area contributed by atoms with E-state index in [0.29, 0.717) is 5.69 Å². The summed E-state index contributed by atoms with van der Waals surface area (Å²) < 4.78 is 25.7. The largest absolute Gasteiger partial charge is 0.372 e. The molecular weight excluding hydrogens is 334 g/mol. The van der Waals surface area contributed by atoms with Gasteiger partial charge in [-0.1, -0.05) is 0 Å². The van der Waals surface area contributed by atoms with Crippen molar-refractivity contribution in [3.63, 3.8) is 0 Å². The van der Waals surface area contributed by atoms with Crippen LogP contribution in [0.4, 0.5) is 22.7 Å². The van der Waals surface area contributed by atoms with Gasteiger partial charge in [-0.15, -0.1) is 0 Å². The van der Waals surface area contributed by atoms with Gasteiger partial charge in [-0.25, -0.2) is 8.42 Å². The second kappa shape index (κ2) is 7.78. The van der Waals surface area contributed by atoms with Gasteiger partial charge in [0.1, 0.15) is 0 Å². The molecule has 6 heteroatoms. The second-order valence-electron chi connectivity index (χ2n) is 6.30. The molecule has 0 atom stereocenters. The number of nitrogens with zero attached hydrogens (tertiary/aromatic N) is 1. The maximum atomic E-state index is 11.6. The Labute approximate surface area is 150 Å². The SMILES string of the molecule is CCS(=O)(=O)Nc1ccc(Nc2ccc(N3CCCCC3)cc2)cc1. The minimum atomic E-state index is -3.23. The summed E-state index contributed by atoms with van der Waals surface area (Å²) in [7, 11) is -3.23. The van der Waals surface area contributed by atoms with Crippen LogP contribution in [0, 0.1) is 0 Å². The lowest BCUT2D eigenvalue weighted by Crippen LogP contribution is -2.29. The first-order valence-corrected chi connectivity index (χ1v) is 10.4.